The molecule has 0 fully saturated rings. The Bertz CT molecular complexity index is 402. The molecule has 0 radical (unpaired) electrons. The summed E-state index contributed by atoms with van der Waals surface area (Å²) >= 11 is 0. The number of nitrogens with zero attached hydrogens (tertiary/aromatic N) is 1. The minimum absolute atomic E-state index is 0.291. The fourth-order valence-electron chi connectivity index (χ4n) is 2.33. The summed E-state index contributed by atoms with van der Waals surface area (Å²) in [5.74, 6) is -0.834. The number of carbonyl (C=O) groups is 1. The Morgan fingerprint density at radius 1 is 1.50 bits per heavy atom. The first-order chi connectivity index (χ1) is 6.41. The van der Waals surface area contributed by atoms with Crippen molar-refractivity contribution in [1.82, 2.24) is 4.57 Å². The van der Waals surface area contributed by atoms with Crippen LogP contribution >= 0.6 is 0 Å². The number of aromatic nitrogens is 1. The summed E-state index contributed by atoms with van der Waals surface area (Å²) < 4.78 is 1.81. The Kier molecular flexibility index (Phi) is 1.74. The molecule has 2 rings (SSSR count). The molecule has 1 N–H and O–H groups in total. The maximum atomic E-state index is 10.9. The zero-order valence-electron chi connectivity index (χ0n) is 8.79. The van der Waals surface area contributed by atoms with Crippen molar-refractivity contribution < 1.29 is 9.90 Å². The first-order valence-corrected chi connectivity index (χ1v) is 4.81. The van der Waals surface area contributed by atoms with Crippen LogP contribution < -0.4 is 0 Å². The molecule has 14 heavy (non-hydrogen) atoms. The van der Waals surface area contributed by atoms with E-state index in [1.54, 1.807) is 0 Å². The number of rotatable bonds is 1. The highest BCUT2D eigenvalue weighted by atomic mass is 16.4. The van der Waals surface area contributed by atoms with Gasteiger partial charge in [0.1, 0.15) is 5.69 Å². The smallest absolute Gasteiger partial charge is 0.352 e. The molecule has 0 spiro atoms. The van der Waals surface area contributed by atoms with Gasteiger partial charge in [-0.2, -0.15) is 0 Å². The normalized spacial score (nSPS) is 18.2. The van der Waals surface area contributed by atoms with Crippen LogP contribution in [0.15, 0.2) is 6.07 Å². The number of aromatic carboxylic acids is 1. The second-order valence-electron chi connectivity index (χ2n) is 4.88. The van der Waals surface area contributed by atoms with Gasteiger partial charge in [-0.05, 0) is 29.9 Å². The fourth-order valence-corrected chi connectivity index (χ4v) is 2.33. The highest BCUT2D eigenvalue weighted by molar-refractivity contribution is 5.86. The Morgan fingerprint density at radius 3 is 2.64 bits per heavy atom. The van der Waals surface area contributed by atoms with E-state index in [9.17, 15) is 4.79 Å². The number of carboxylic acids is 1. The van der Waals surface area contributed by atoms with Crippen molar-refractivity contribution in [2.75, 3.05) is 0 Å². The zero-order chi connectivity index (χ0) is 10.5. The van der Waals surface area contributed by atoms with Gasteiger partial charge in [0.05, 0.1) is 0 Å². The Hall–Kier alpha value is -1.25. The van der Waals surface area contributed by atoms with E-state index in [1.807, 2.05) is 17.7 Å². The Balaban J connectivity index is 2.46. The average Bonchev–Trinajstić information content (AvgIpc) is 2.46. The van der Waals surface area contributed by atoms with E-state index in [0.717, 1.165) is 12.8 Å². The molecule has 0 atom stereocenters. The summed E-state index contributed by atoms with van der Waals surface area (Å²) in [6, 6.07) is 1.81. The lowest BCUT2D eigenvalue weighted by atomic mass is 9.90. The predicted octanol–water partition coefficient (Wildman–Crippen LogP) is 1.85. The SMILES string of the molecule is Cn1c(C(=O)O)cc2c1CC(C)(C)C2. The van der Waals surface area contributed by atoms with Gasteiger partial charge in [0.25, 0.3) is 0 Å². The van der Waals surface area contributed by atoms with Crippen LogP contribution in [-0.2, 0) is 19.9 Å². The van der Waals surface area contributed by atoms with E-state index in [1.165, 1.54) is 11.3 Å². The molecule has 1 aliphatic rings. The summed E-state index contributed by atoms with van der Waals surface area (Å²) in [6.07, 6.45) is 1.97. The third kappa shape index (κ3) is 1.24. The van der Waals surface area contributed by atoms with E-state index in [-0.39, 0.29) is 0 Å². The van der Waals surface area contributed by atoms with Crippen molar-refractivity contribution in [3.63, 3.8) is 0 Å². The summed E-state index contributed by atoms with van der Waals surface area (Å²) in [4.78, 5) is 10.9. The monoisotopic (exact) mass is 193 g/mol. The third-order valence-corrected chi connectivity index (χ3v) is 2.98. The van der Waals surface area contributed by atoms with Crippen LogP contribution in [0.1, 0.15) is 35.6 Å². The third-order valence-electron chi connectivity index (χ3n) is 2.98. The molecule has 0 aromatic carbocycles. The largest absolute Gasteiger partial charge is 0.477 e. The molecule has 0 bridgehead atoms. The van der Waals surface area contributed by atoms with E-state index in [0.29, 0.717) is 11.1 Å². The summed E-state index contributed by atoms with van der Waals surface area (Å²) in [5, 5.41) is 8.93. The topological polar surface area (TPSA) is 42.2 Å². The molecule has 0 aliphatic heterocycles. The number of fused-ring (bicyclic) bond motifs is 1. The quantitative estimate of drug-likeness (QED) is 0.739. The average molecular weight is 193 g/mol. The lowest BCUT2D eigenvalue weighted by Crippen LogP contribution is -2.14. The molecule has 1 aromatic heterocycles. The van der Waals surface area contributed by atoms with Crippen molar-refractivity contribution in [3.05, 3.63) is 23.0 Å². The van der Waals surface area contributed by atoms with E-state index in [2.05, 4.69) is 13.8 Å². The van der Waals surface area contributed by atoms with Crippen LogP contribution in [-0.4, -0.2) is 15.6 Å². The summed E-state index contributed by atoms with van der Waals surface area (Å²) in [7, 11) is 1.84. The predicted molar refractivity (Wildman–Crippen MR) is 53.6 cm³/mol. The maximum Gasteiger partial charge on any atom is 0.352 e. The van der Waals surface area contributed by atoms with Crippen LogP contribution in [0.2, 0.25) is 0 Å². The molecule has 1 aromatic rings. The number of hydrogen-bond acceptors (Lipinski definition) is 1. The molecule has 0 unspecified atom stereocenters. The fraction of sp³-hybridized carbons (Fsp3) is 0.545. The molecule has 0 saturated carbocycles. The molecule has 1 heterocycles. The van der Waals surface area contributed by atoms with Crippen LogP contribution in [0, 0.1) is 5.41 Å². The summed E-state index contributed by atoms with van der Waals surface area (Å²) in [6.45, 7) is 4.43. The van der Waals surface area contributed by atoms with Gasteiger partial charge in [0, 0.05) is 12.7 Å². The molecule has 3 nitrogen and oxygen atoms in total. The van der Waals surface area contributed by atoms with Crippen LogP contribution in [0.5, 0.6) is 0 Å². The Morgan fingerprint density at radius 2 is 2.14 bits per heavy atom. The van der Waals surface area contributed by atoms with Crippen LogP contribution in [0.4, 0.5) is 0 Å². The first kappa shape index (κ1) is 9.31. The van der Waals surface area contributed by atoms with Gasteiger partial charge in [0.2, 0.25) is 0 Å². The summed E-state index contributed by atoms with van der Waals surface area (Å²) in [5.41, 5.74) is 3.09. The minimum atomic E-state index is -0.834. The van der Waals surface area contributed by atoms with Crippen molar-refractivity contribution in [2.45, 2.75) is 26.7 Å². The van der Waals surface area contributed by atoms with Crippen molar-refractivity contribution in [2.24, 2.45) is 12.5 Å². The first-order valence-electron chi connectivity index (χ1n) is 4.81. The highest BCUT2D eigenvalue weighted by Gasteiger charge is 2.32. The van der Waals surface area contributed by atoms with Gasteiger partial charge in [-0.15, -0.1) is 0 Å². The molecular formula is C11H15NO2. The van der Waals surface area contributed by atoms with E-state index >= 15 is 0 Å². The lowest BCUT2D eigenvalue weighted by molar-refractivity contribution is 0.0686. The van der Waals surface area contributed by atoms with Gasteiger partial charge in [-0.1, -0.05) is 13.8 Å². The van der Waals surface area contributed by atoms with Crippen molar-refractivity contribution >= 4 is 5.97 Å². The molecule has 76 valence electrons. The van der Waals surface area contributed by atoms with Gasteiger partial charge in [-0.25, -0.2) is 4.79 Å². The van der Waals surface area contributed by atoms with Crippen molar-refractivity contribution in [3.8, 4) is 0 Å². The lowest BCUT2D eigenvalue weighted by Gasteiger charge is -2.16. The van der Waals surface area contributed by atoms with Gasteiger partial charge < -0.3 is 9.67 Å². The zero-order valence-corrected chi connectivity index (χ0v) is 8.79. The second kappa shape index (κ2) is 2.62. The number of carboxylic acid groups (broad SMARTS) is 1. The van der Waals surface area contributed by atoms with Crippen molar-refractivity contribution in [1.29, 1.82) is 0 Å². The maximum absolute atomic E-state index is 10.9. The highest BCUT2D eigenvalue weighted by Crippen LogP contribution is 2.37. The minimum Gasteiger partial charge on any atom is -0.477 e. The second-order valence-corrected chi connectivity index (χ2v) is 4.88. The van der Waals surface area contributed by atoms with Gasteiger partial charge in [0.15, 0.2) is 0 Å². The molecule has 1 aliphatic carbocycles. The van der Waals surface area contributed by atoms with E-state index in [4.69, 9.17) is 5.11 Å². The molecule has 3 heteroatoms. The molecule has 0 saturated heterocycles. The van der Waals surface area contributed by atoms with E-state index < -0.39 is 5.97 Å². The number of hydrogen-bond donors (Lipinski definition) is 1. The molecule has 0 amide bonds. The standard InChI is InChI=1S/C11H15NO2/c1-11(2)5-7-4-8(10(13)14)12(3)9(7)6-11/h4H,5-6H2,1-3H3,(H,13,14). The molecular weight excluding hydrogens is 178 g/mol. The van der Waals surface area contributed by atoms with Gasteiger partial charge >= 0.3 is 5.97 Å². The van der Waals surface area contributed by atoms with Gasteiger partial charge in [-0.3, -0.25) is 0 Å². The van der Waals surface area contributed by atoms with Crippen LogP contribution in [0.3, 0.4) is 0 Å². The van der Waals surface area contributed by atoms with Crippen LogP contribution in [0.25, 0.3) is 0 Å². The Labute approximate surface area is 83.4 Å².